The van der Waals surface area contributed by atoms with E-state index in [1.807, 2.05) is 0 Å². The highest BCUT2D eigenvalue weighted by Crippen LogP contribution is 2.25. The molecular weight excluding hydrogens is 208 g/mol. The van der Waals surface area contributed by atoms with Crippen LogP contribution in [0.3, 0.4) is 0 Å². The molecule has 0 radical (unpaired) electrons. The van der Waals surface area contributed by atoms with E-state index in [1.54, 1.807) is 10.8 Å². The molecule has 16 heavy (non-hydrogen) atoms. The molecule has 1 heteroatoms. The molecule has 1 rings (SSSR count). The Morgan fingerprint density at radius 1 is 0.812 bits per heavy atom. The first-order valence-electron chi connectivity index (χ1n) is 6.37. The van der Waals surface area contributed by atoms with Gasteiger partial charge in [0.15, 0.2) is 0 Å². The van der Waals surface area contributed by atoms with Gasteiger partial charge in [-0.15, -0.1) is 0 Å². The first-order chi connectivity index (χ1) is 7.23. The van der Waals surface area contributed by atoms with Crippen molar-refractivity contribution in [1.82, 2.24) is 0 Å². The van der Waals surface area contributed by atoms with E-state index in [0.29, 0.717) is 11.8 Å². The number of rotatable bonds is 3. The largest absolute Gasteiger partial charge is 0.0776 e. The summed E-state index contributed by atoms with van der Waals surface area (Å²) in [6.07, 6.45) is 0. The van der Waals surface area contributed by atoms with Crippen molar-refractivity contribution in [3.8, 4) is 0 Å². The smallest absolute Gasteiger partial charge is 0.0656 e. The van der Waals surface area contributed by atoms with Crippen molar-refractivity contribution in [2.45, 2.75) is 59.2 Å². The zero-order valence-electron chi connectivity index (χ0n) is 11.9. The summed E-state index contributed by atoms with van der Waals surface area (Å²) in [6.45, 7) is 16.4. The summed E-state index contributed by atoms with van der Waals surface area (Å²) in [5.74, 6) is 1.27. The van der Waals surface area contributed by atoms with Crippen molar-refractivity contribution >= 4 is 13.3 Å². The molecular formula is C15H26Si. The molecule has 0 atom stereocenters. The molecule has 0 aliphatic rings. The molecule has 0 unspecified atom stereocenters. The fourth-order valence-corrected chi connectivity index (χ4v) is 3.24. The van der Waals surface area contributed by atoms with E-state index in [1.165, 1.54) is 5.56 Å². The van der Waals surface area contributed by atoms with Gasteiger partial charge in [-0.05, 0) is 23.0 Å². The molecule has 90 valence electrons. The predicted molar refractivity (Wildman–Crippen MR) is 77.6 cm³/mol. The Labute approximate surface area is 102 Å². The fraction of sp³-hybridized carbons (Fsp3) is 0.600. The molecule has 1 aromatic carbocycles. The van der Waals surface area contributed by atoms with Crippen LogP contribution < -0.4 is 5.19 Å². The molecule has 0 aliphatic heterocycles. The molecule has 0 nitrogen and oxygen atoms in total. The van der Waals surface area contributed by atoms with Gasteiger partial charge in [-0.1, -0.05) is 70.7 Å². The second kappa shape index (κ2) is 4.75. The summed E-state index contributed by atoms with van der Waals surface area (Å²) < 4.78 is 0. The van der Waals surface area contributed by atoms with E-state index in [4.69, 9.17) is 0 Å². The zero-order chi connectivity index (χ0) is 12.5. The Kier molecular flexibility index (Phi) is 4.00. The number of hydrogen-bond acceptors (Lipinski definition) is 0. The Morgan fingerprint density at radius 2 is 1.31 bits per heavy atom. The maximum atomic E-state index is 2.46. The standard InChI is InChI=1S/C15H26Si/c1-11(2)14-9-8-13(16(5,6)7)10-15(14)12(3)4/h8-12H,1-7H3. The third kappa shape index (κ3) is 2.97. The van der Waals surface area contributed by atoms with Crippen LogP contribution in [0.4, 0.5) is 0 Å². The van der Waals surface area contributed by atoms with Gasteiger partial charge in [0.25, 0.3) is 0 Å². The van der Waals surface area contributed by atoms with E-state index in [-0.39, 0.29) is 0 Å². The molecule has 1 aromatic rings. The van der Waals surface area contributed by atoms with Gasteiger partial charge in [-0.2, -0.15) is 0 Å². The molecule has 0 aromatic heterocycles. The molecule has 0 aliphatic carbocycles. The lowest BCUT2D eigenvalue weighted by molar-refractivity contribution is 0.791. The van der Waals surface area contributed by atoms with E-state index < -0.39 is 8.07 Å². The minimum atomic E-state index is -1.17. The highest BCUT2D eigenvalue weighted by molar-refractivity contribution is 6.88. The van der Waals surface area contributed by atoms with E-state index in [2.05, 4.69) is 65.5 Å². The van der Waals surface area contributed by atoms with E-state index >= 15 is 0 Å². The highest BCUT2D eigenvalue weighted by Gasteiger charge is 2.19. The van der Waals surface area contributed by atoms with Crippen LogP contribution >= 0.6 is 0 Å². The Morgan fingerprint density at radius 3 is 1.69 bits per heavy atom. The second-order valence-corrected chi connectivity index (χ2v) is 11.5. The van der Waals surface area contributed by atoms with Crippen molar-refractivity contribution in [3.63, 3.8) is 0 Å². The van der Waals surface area contributed by atoms with Gasteiger partial charge < -0.3 is 0 Å². The summed E-state index contributed by atoms with van der Waals surface area (Å²) in [4.78, 5) is 0. The maximum Gasteiger partial charge on any atom is 0.0776 e. The third-order valence-corrected chi connectivity index (χ3v) is 5.24. The topological polar surface area (TPSA) is 0 Å². The Hall–Kier alpha value is -0.563. The molecule has 0 amide bonds. The van der Waals surface area contributed by atoms with Gasteiger partial charge in [-0.3, -0.25) is 0 Å². The second-order valence-electron chi connectivity index (χ2n) is 6.40. The summed E-state index contributed by atoms with van der Waals surface area (Å²) in [5, 5.41) is 1.58. The van der Waals surface area contributed by atoms with Crippen molar-refractivity contribution in [3.05, 3.63) is 29.3 Å². The van der Waals surface area contributed by atoms with Crippen LogP contribution in [-0.4, -0.2) is 8.07 Å². The predicted octanol–water partition coefficient (Wildman–Crippen LogP) is 4.48. The lowest BCUT2D eigenvalue weighted by atomic mass is 9.91. The molecule has 0 saturated carbocycles. The zero-order valence-corrected chi connectivity index (χ0v) is 12.9. The van der Waals surface area contributed by atoms with Gasteiger partial charge in [-0.25, -0.2) is 0 Å². The average Bonchev–Trinajstić information content (AvgIpc) is 2.15. The Bertz CT molecular complexity index is 356. The van der Waals surface area contributed by atoms with Crippen molar-refractivity contribution in [2.24, 2.45) is 0 Å². The fourth-order valence-electron chi connectivity index (χ4n) is 2.07. The lowest BCUT2D eigenvalue weighted by Gasteiger charge is -2.22. The van der Waals surface area contributed by atoms with Gasteiger partial charge in [0.1, 0.15) is 0 Å². The van der Waals surface area contributed by atoms with Crippen molar-refractivity contribution in [1.29, 1.82) is 0 Å². The summed E-state index contributed by atoms with van der Waals surface area (Å²) in [5.41, 5.74) is 3.08. The van der Waals surface area contributed by atoms with Crippen LogP contribution in [0.25, 0.3) is 0 Å². The van der Waals surface area contributed by atoms with Crippen molar-refractivity contribution in [2.75, 3.05) is 0 Å². The maximum absolute atomic E-state index is 2.46. The summed E-state index contributed by atoms with van der Waals surface area (Å²) in [6, 6.07) is 7.17. The molecule has 0 spiro atoms. The first-order valence-corrected chi connectivity index (χ1v) is 9.87. The number of benzene rings is 1. The summed E-state index contributed by atoms with van der Waals surface area (Å²) in [7, 11) is -1.17. The van der Waals surface area contributed by atoms with Gasteiger partial charge in [0.2, 0.25) is 0 Å². The van der Waals surface area contributed by atoms with Crippen molar-refractivity contribution < 1.29 is 0 Å². The van der Waals surface area contributed by atoms with E-state index in [0.717, 1.165) is 0 Å². The summed E-state index contributed by atoms with van der Waals surface area (Å²) >= 11 is 0. The monoisotopic (exact) mass is 234 g/mol. The van der Waals surface area contributed by atoms with Gasteiger partial charge in [0, 0.05) is 0 Å². The lowest BCUT2D eigenvalue weighted by Crippen LogP contribution is -2.38. The van der Waals surface area contributed by atoms with Crippen LogP contribution in [0.15, 0.2) is 18.2 Å². The van der Waals surface area contributed by atoms with Gasteiger partial charge in [0.05, 0.1) is 8.07 Å². The SMILES string of the molecule is CC(C)c1ccc([Si](C)(C)C)cc1C(C)C. The molecule has 0 heterocycles. The van der Waals surface area contributed by atoms with Crippen LogP contribution in [0.2, 0.25) is 19.6 Å². The molecule has 0 saturated heterocycles. The number of hydrogen-bond donors (Lipinski definition) is 0. The highest BCUT2D eigenvalue weighted by atomic mass is 28.3. The minimum Gasteiger partial charge on any atom is -0.0656 e. The van der Waals surface area contributed by atoms with Gasteiger partial charge >= 0.3 is 0 Å². The third-order valence-electron chi connectivity index (χ3n) is 3.20. The quantitative estimate of drug-likeness (QED) is 0.677. The van der Waals surface area contributed by atoms with Crippen LogP contribution in [0, 0.1) is 0 Å². The van der Waals surface area contributed by atoms with Crippen LogP contribution in [0.5, 0.6) is 0 Å². The molecule has 0 bridgehead atoms. The normalized spacial score (nSPS) is 12.6. The first kappa shape index (κ1) is 13.5. The van der Waals surface area contributed by atoms with Crippen LogP contribution in [-0.2, 0) is 0 Å². The molecule has 0 N–H and O–H groups in total. The van der Waals surface area contributed by atoms with Crippen LogP contribution in [0.1, 0.15) is 50.7 Å². The van der Waals surface area contributed by atoms with E-state index in [9.17, 15) is 0 Å². The average molecular weight is 234 g/mol. The Balaban J connectivity index is 3.29. The molecule has 0 fully saturated rings. The minimum absolute atomic E-state index is 0.632.